The van der Waals surface area contributed by atoms with E-state index in [2.05, 4.69) is 10.4 Å². The number of nitrogens with zero attached hydrogens (tertiary/aromatic N) is 2. The molecule has 0 aliphatic carbocycles. The van der Waals surface area contributed by atoms with Crippen LogP contribution in [-0.2, 0) is 20.2 Å². The number of hydrogen-bond donors (Lipinski definition) is 2. The van der Waals surface area contributed by atoms with Gasteiger partial charge in [0.15, 0.2) is 11.5 Å². The Morgan fingerprint density at radius 1 is 1.33 bits per heavy atom. The molecule has 0 atom stereocenters. The van der Waals surface area contributed by atoms with Gasteiger partial charge in [0, 0.05) is 13.6 Å². The molecule has 6 nitrogen and oxygen atoms in total. The Morgan fingerprint density at radius 3 is 2.71 bits per heavy atom. The van der Waals surface area contributed by atoms with Gasteiger partial charge in [0.05, 0.1) is 25.0 Å². The molecule has 0 spiro atoms. The van der Waals surface area contributed by atoms with Crippen LogP contribution in [-0.4, -0.2) is 29.0 Å². The lowest BCUT2D eigenvalue weighted by atomic mass is 10.2. The number of aliphatic hydroxyl groups is 1. The Bertz CT molecular complexity index is 623. The van der Waals surface area contributed by atoms with Gasteiger partial charge in [-0.2, -0.15) is 5.10 Å². The minimum Gasteiger partial charge on any atom is -0.493 e. The molecule has 0 fully saturated rings. The monoisotopic (exact) mass is 291 g/mol. The van der Waals surface area contributed by atoms with E-state index in [1.54, 1.807) is 30.0 Å². The van der Waals surface area contributed by atoms with E-state index in [0.717, 1.165) is 16.8 Å². The zero-order valence-corrected chi connectivity index (χ0v) is 12.8. The highest BCUT2D eigenvalue weighted by Crippen LogP contribution is 2.34. The van der Waals surface area contributed by atoms with Gasteiger partial charge < -0.3 is 19.9 Å². The third-order valence-corrected chi connectivity index (χ3v) is 3.26. The van der Waals surface area contributed by atoms with Crippen LogP contribution in [0.4, 0.5) is 0 Å². The van der Waals surface area contributed by atoms with Gasteiger partial charge >= 0.3 is 0 Å². The van der Waals surface area contributed by atoms with Gasteiger partial charge in [0.1, 0.15) is 0 Å². The molecule has 21 heavy (non-hydrogen) atoms. The van der Waals surface area contributed by atoms with Gasteiger partial charge in [-0.25, -0.2) is 4.68 Å². The van der Waals surface area contributed by atoms with E-state index in [1.165, 1.54) is 0 Å². The van der Waals surface area contributed by atoms with E-state index < -0.39 is 0 Å². The Kier molecular flexibility index (Phi) is 4.82. The van der Waals surface area contributed by atoms with Gasteiger partial charge in [-0.05, 0) is 31.7 Å². The number of nitrogens with one attached hydrogen (secondary N) is 1. The molecule has 6 heteroatoms. The van der Waals surface area contributed by atoms with Crippen molar-refractivity contribution in [2.75, 3.05) is 14.2 Å². The average Bonchev–Trinajstić information content (AvgIpc) is 2.75. The molecule has 2 N–H and O–H groups in total. The first-order valence-electron chi connectivity index (χ1n) is 6.73. The fourth-order valence-electron chi connectivity index (χ4n) is 2.19. The van der Waals surface area contributed by atoms with Crippen molar-refractivity contribution in [1.29, 1.82) is 0 Å². The standard InChI is InChI=1S/C15H21N3O3/c1-10-12(8-16-2)15(18(3)17-10)21-13-6-5-11(9-19)7-14(13)20-4/h5-7,16,19H,8-9H2,1-4H3. The largest absolute Gasteiger partial charge is 0.493 e. The predicted octanol–water partition coefficient (Wildman–Crippen LogP) is 1.74. The van der Waals surface area contributed by atoms with Crippen molar-refractivity contribution >= 4 is 0 Å². The summed E-state index contributed by atoms with van der Waals surface area (Å²) in [5.74, 6) is 1.85. The second-order valence-electron chi connectivity index (χ2n) is 4.77. The summed E-state index contributed by atoms with van der Waals surface area (Å²) in [4.78, 5) is 0. The highest BCUT2D eigenvalue weighted by atomic mass is 16.5. The summed E-state index contributed by atoms with van der Waals surface area (Å²) >= 11 is 0. The van der Waals surface area contributed by atoms with Crippen LogP contribution in [0.5, 0.6) is 17.4 Å². The van der Waals surface area contributed by atoms with Crippen molar-refractivity contribution in [3.63, 3.8) is 0 Å². The molecule has 1 heterocycles. The molecular weight excluding hydrogens is 270 g/mol. The first-order valence-corrected chi connectivity index (χ1v) is 6.73. The summed E-state index contributed by atoms with van der Waals surface area (Å²) in [7, 11) is 5.30. The summed E-state index contributed by atoms with van der Waals surface area (Å²) < 4.78 is 13.0. The average molecular weight is 291 g/mol. The molecule has 0 bridgehead atoms. The maximum Gasteiger partial charge on any atom is 0.222 e. The Balaban J connectivity index is 2.38. The third kappa shape index (κ3) is 3.17. The number of aromatic nitrogens is 2. The molecule has 0 aliphatic rings. The Morgan fingerprint density at radius 2 is 2.10 bits per heavy atom. The second kappa shape index (κ2) is 6.60. The summed E-state index contributed by atoms with van der Waals surface area (Å²) in [6, 6.07) is 5.35. The molecule has 2 aromatic rings. The summed E-state index contributed by atoms with van der Waals surface area (Å²) in [5.41, 5.74) is 2.71. The first-order chi connectivity index (χ1) is 10.1. The molecule has 114 valence electrons. The smallest absolute Gasteiger partial charge is 0.222 e. The van der Waals surface area contributed by atoms with Crippen molar-refractivity contribution in [3.8, 4) is 17.4 Å². The van der Waals surface area contributed by atoms with Crippen molar-refractivity contribution < 1.29 is 14.6 Å². The van der Waals surface area contributed by atoms with Crippen molar-refractivity contribution in [2.24, 2.45) is 7.05 Å². The molecule has 0 saturated carbocycles. The van der Waals surface area contributed by atoms with Gasteiger partial charge in [-0.1, -0.05) is 6.07 Å². The zero-order valence-electron chi connectivity index (χ0n) is 12.8. The van der Waals surface area contributed by atoms with Crippen LogP contribution in [0.25, 0.3) is 0 Å². The number of methoxy groups -OCH3 is 1. The lowest BCUT2D eigenvalue weighted by Gasteiger charge is -2.13. The van der Waals surface area contributed by atoms with Gasteiger partial charge in [0.2, 0.25) is 5.88 Å². The normalized spacial score (nSPS) is 10.7. The quantitative estimate of drug-likeness (QED) is 0.848. The number of rotatable bonds is 6. The third-order valence-electron chi connectivity index (χ3n) is 3.26. The summed E-state index contributed by atoms with van der Waals surface area (Å²) in [6.45, 7) is 2.59. The number of aryl methyl sites for hydroxylation is 2. The van der Waals surface area contributed by atoms with Gasteiger partial charge in [-0.15, -0.1) is 0 Å². The molecule has 0 aliphatic heterocycles. The first kappa shape index (κ1) is 15.3. The minimum atomic E-state index is -0.0353. The topological polar surface area (TPSA) is 68.5 Å². The van der Waals surface area contributed by atoms with Gasteiger partial charge in [-0.3, -0.25) is 0 Å². The minimum absolute atomic E-state index is 0.0353. The predicted molar refractivity (Wildman–Crippen MR) is 79.7 cm³/mol. The lowest BCUT2D eigenvalue weighted by Crippen LogP contribution is -2.07. The fraction of sp³-hybridized carbons (Fsp3) is 0.400. The second-order valence-corrected chi connectivity index (χ2v) is 4.77. The molecule has 1 aromatic carbocycles. The molecule has 0 saturated heterocycles. The van der Waals surface area contributed by atoms with E-state index in [0.29, 0.717) is 23.9 Å². The van der Waals surface area contributed by atoms with E-state index in [1.807, 2.05) is 21.0 Å². The number of ether oxygens (including phenoxy) is 2. The number of hydrogen-bond acceptors (Lipinski definition) is 5. The maximum atomic E-state index is 9.18. The Labute approximate surface area is 124 Å². The molecule has 2 rings (SSSR count). The Hall–Kier alpha value is -2.05. The zero-order chi connectivity index (χ0) is 15.4. The van der Waals surface area contributed by atoms with Crippen LogP contribution in [0.15, 0.2) is 18.2 Å². The summed E-state index contributed by atoms with van der Waals surface area (Å²) in [6.07, 6.45) is 0. The van der Waals surface area contributed by atoms with E-state index in [9.17, 15) is 5.11 Å². The number of aliphatic hydroxyl groups excluding tert-OH is 1. The van der Waals surface area contributed by atoms with Crippen LogP contribution in [0.3, 0.4) is 0 Å². The molecule has 1 aromatic heterocycles. The van der Waals surface area contributed by atoms with Crippen LogP contribution in [0, 0.1) is 6.92 Å². The molecule has 0 unspecified atom stereocenters. The molecular formula is C15H21N3O3. The van der Waals surface area contributed by atoms with Crippen molar-refractivity contribution in [1.82, 2.24) is 15.1 Å². The van der Waals surface area contributed by atoms with Crippen molar-refractivity contribution in [2.45, 2.75) is 20.1 Å². The van der Waals surface area contributed by atoms with Crippen LogP contribution < -0.4 is 14.8 Å². The maximum absolute atomic E-state index is 9.18. The van der Waals surface area contributed by atoms with Crippen LogP contribution >= 0.6 is 0 Å². The van der Waals surface area contributed by atoms with E-state index in [-0.39, 0.29) is 6.61 Å². The molecule has 0 radical (unpaired) electrons. The van der Waals surface area contributed by atoms with Crippen LogP contribution in [0.1, 0.15) is 16.8 Å². The highest BCUT2D eigenvalue weighted by Gasteiger charge is 2.16. The highest BCUT2D eigenvalue weighted by molar-refractivity contribution is 5.46. The molecule has 0 amide bonds. The van der Waals surface area contributed by atoms with E-state index >= 15 is 0 Å². The van der Waals surface area contributed by atoms with Crippen LogP contribution in [0.2, 0.25) is 0 Å². The van der Waals surface area contributed by atoms with E-state index in [4.69, 9.17) is 9.47 Å². The number of benzene rings is 1. The fourth-order valence-corrected chi connectivity index (χ4v) is 2.19. The lowest BCUT2D eigenvalue weighted by molar-refractivity contribution is 0.280. The van der Waals surface area contributed by atoms with Gasteiger partial charge in [0.25, 0.3) is 0 Å². The van der Waals surface area contributed by atoms with Crippen molar-refractivity contribution in [3.05, 3.63) is 35.0 Å². The summed E-state index contributed by atoms with van der Waals surface area (Å²) in [5, 5.41) is 16.7. The SMILES string of the molecule is CNCc1c(C)nn(C)c1Oc1ccc(CO)cc1OC.